The molecule has 2 N–H and O–H groups in total. The first kappa shape index (κ1) is 16.8. The van der Waals surface area contributed by atoms with Crippen molar-refractivity contribution >= 4 is 0 Å². The highest BCUT2D eigenvalue weighted by Crippen LogP contribution is 2.49. The molecule has 4 unspecified atom stereocenters. The molecule has 2 aromatic rings. The highest BCUT2D eigenvalue weighted by atomic mass is 16.5. The largest absolute Gasteiger partial charge is 0.633 e. The number of benzene rings is 2. The van der Waals surface area contributed by atoms with Crippen molar-refractivity contribution in [3.05, 3.63) is 65.4 Å². The molecule has 1 aliphatic heterocycles. The molecular formula is C22H28N2O. The summed E-state index contributed by atoms with van der Waals surface area (Å²) in [6, 6.07) is 19.6. The first-order chi connectivity index (χ1) is 12.1. The zero-order valence-corrected chi connectivity index (χ0v) is 14.8. The summed E-state index contributed by atoms with van der Waals surface area (Å²) < 4.78 is -0.0206. The van der Waals surface area contributed by atoms with E-state index < -0.39 is 0 Å². The lowest BCUT2D eigenvalue weighted by atomic mass is 10.0. The van der Waals surface area contributed by atoms with E-state index in [2.05, 4.69) is 54.6 Å². The van der Waals surface area contributed by atoms with Gasteiger partial charge >= 0.3 is 0 Å². The van der Waals surface area contributed by atoms with Crippen LogP contribution in [0.3, 0.4) is 0 Å². The quantitative estimate of drug-likeness (QED) is 0.669. The van der Waals surface area contributed by atoms with Crippen LogP contribution in [0.25, 0.3) is 11.1 Å². The van der Waals surface area contributed by atoms with E-state index in [1.165, 1.54) is 16.7 Å². The molecule has 2 fully saturated rings. The average molecular weight is 336 g/mol. The lowest BCUT2D eigenvalue weighted by molar-refractivity contribution is -0.881. The molecular weight excluding hydrogens is 308 g/mol. The van der Waals surface area contributed by atoms with Gasteiger partial charge in [0.2, 0.25) is 0 Å². The number of hydrogen-bond donors (Lipinski definition) is 1. The summed E-state index contributed by atoms with van der Waals surface area (Å²) in [5.74, 6) is 1.10. The van der Waals surface area contributed by atoms with Crippen LogP contribution >= 0.6 is 0 Å². The van der Waals surface area contributed by atoms with E-state index in [1.54, 1.807) is 0 Å². The predicted octanol–water partition coefficient (Wildman–Crippen LogP) is 4.28. The molecule has 0 radical (unpaired) electrons. The topological polar surface area (TPSA) is 49.1 Å². The Hall–Kier alpha value is -1.68. The van der Waals surface area contributed by atoms with Crippen molar-refractivity contribution in [2.45, 2.75) is 37.6 Å². The van der Waals surface area contributed by atoms with Crippen LogP contribution in [0.15, 0.2) is 54.6 Å². The Kier molecular flexibility index (Phi) is 4.63. The maximum absolute atomic E-state index is 13.1. The van der Waals surface area contributed by atoms with E-state index in [-0.39, 0.29) is 10.7 Å². The summed E-state index contributed by atoms with van der Waals surface area (Å²) >= 11 is 0. The van der Waals surface area contributed by atoms with Crippen LogP contribution in [0, 0.1) is 11.1 Å². The lowest BCUT2D eigenvalue weighted by Gasteiger charge is -2.42. The van der Waals surface area contributed by atoms with Gasteiger partial charge in [0.1, 0.15) is 0 Å². The molecule has 1 saturated carbocycles. The molecule has 0 amide bonds. The smallest absolute Gasteiger partial charge is 0.0818 e. The molecule has 0 aromatic heterocycles. The van der Waals surface area contributed by atoms with Gasteiger partial charge in [0.05, 0.1) is 19.6 Å². The van der Waals surface area contributed by atoms with Crippen LogP contribution in [-0.4, -0.2) is 30.3 Å². The molecule has 2 aromatic carbocycles. The highest BCUT2D eigenvalue weighted by molar-refractivity contribution is 5.64. The second-order valence-electron chi connectivity index (χ2n) is 7.97. The summed E-state index contributed by atoms with van der Waals surface area (Å²) in [5.41, 5.74) is 9.97. The van der Waals surface area contributed by atoms with Crippen LogP contribution in [0.1, 0.15) is 37.2 Å². The van der Waals surface area contributed by atoms with Crippen molar-refractivity contribution in [2.24, 2.45) is 11.7 Å². The number of nitrogens with two attached hydrogens (primary N) is 1. The standard InChI is InChI=1S/C22H28N2O/c23-21-10-5-12-24(25,13-11-21)16-20-15-22(20)19-9-4-8-18(14-19)17-6-2-1-3-7-17/h1-4,6-9,14,20-22H,5,10-13,15-16,23H2. The molecule has 0 spiro atoms. The highest BCUT2D eigenvalue weighted by Gasteiger charge is 2.43. The van der Waals surface area contributed by atoms with Gasteiger partial charge in [0, 0.05) is 18.4 Å². The Balaban J connectivity index is 1.43. The van der Waals surface area contributed by atoms with Crippen molar-refractivity contribution < 1.29 is 4.65 Å². The predicted molar refractivity (Wildman–Crippen MR) is 103 cm³/mol. The third-order valence-electron chi connectivity index (χ3n) is 5.96. The molecule has 3 nitrogen and oxygen atoms in total. The number of nitrogens with zero attached hydrogens (tertiary/aromatic N) is 1. The Labute approximate surface area is 150 Å². The van der Waals surface area contributed by atoms with Gasteiger partial charge in [0.25, 0.3) is 0 Å². The minimum Gasteiger partial charge on any atom is -0.633 e. The summed E-state index contributed by atoms with van der Waals surface area (Å²) in [6.45, 7) is 2.22. The van der Waals surface area contributed by atoms with Gasteiger partial charge in [-0.1, -0.05) is 54.6 Å². The Bertz CT molecular complexity index is 717. The van der Waals surface area contributed by atoms with Crippen molar-refractivity contribution in [3.8, 4) is 11.1 Å². The summed E-state index contributed by atoms with van der Waals surface area (Å²) in [7, 11) is 0. The van der Waals surface area contributed by atoms with E-state index in [1.807, 2.05) is 0 Å². The zero-order chi connectivity index (χ0) is 17.3. The second kappa shape index (κ2) is 6.91. The fraction of sp³-hybridized carbons (Fsp3) is 0.455. The average Bonchev–Trinajstić information content (AvgIpc) is 3.41. The van der Waals surface area contributed by atoms with Gasteiger partial charge in [-0.3, -0.25) is 0 Å². The van der Waals surface area contributed by atoms with Crippen molar-refractivity contribution in [2.75, 3.05) is 19.6 Å². The Morgan fingerprint density at radius 2 is 1.76 bits per heavy atom. The van der Waals surface area contributed by atoms with Gasteiger partial charge in [-0.05, 0) is 41.9 Å². The molecule has 2 aliphatic rings. The van der Waals surface area contributed by atoms with Gasteiger partial charge in [0.15, 0.2) is 0 Å². The lowest BCUT2D eigenvalue weighted by Crippen LogP contribution is -2.45. The maximum atomic E-state index is 13.1. The van der Waals surface area contributed by atoms with Crippen LogP contribution in [-0.2, 0) is 0 Å². The van der Waals surface area contributed by atoms with Crippen LogP contribution < -0.4 is 5.73 Å². The summed E-state index contributed by atoms with van der Waals surface area (Å²) in [5, 5.41) is 13.1. The fourth-order valence-electron chi connectivity index (χ4n) is 4.35. The molecule has 3 heteroatoms. The van der Waals surface area contributed by atoms with Gasteiger partial charge in [-0.15, -0.1) is 0 Å². The molecule has 1 aliphatic carbocycles. The Morgan fingerprint density at radius 3 is 2.60 bits per heavy atom. The fourth-order valence-corrected chi connectivity index (χ4v) is 4.35. The van der Waals surface area contributed by atoms with Gasteiger partial charge in [-0.2, -0.15) is 0 Å². The maximum Gasteiger partial charge on any atom is 0.0818 e. The number of likely N-dealkylation sites (tertiary alicyclic amines) is 1. The minimum absolute atomic E-state index is 0.0206. The van der Waals surface area contributed by atoms with Crippen molar-refractivity contribution in [3.63, 3.8) is 0 Å². The molecule has 4 atom stereocenters. The van der Waals surface area contributed by atoms with E-state index in [0.717, 1.165) is 38.8 Å². The number of rotatable bonds is 4. The summed E-state index contributed by atoms with van der Waals surface area (Å²) in [6.07, 6.45) is 4.03. The SMILES string of the molecule is NC1CCC[N+]([O-])(CC2CC2c2cccc(-c3ccccc3)c2)CC1. The minimum atomic E-state index is -0.0206. The first-order valence-electron chi connectivity index (χ1n) is 9.61. The first-order valence-corrected chi connectivity index (χ1v) is 9.61. The Morgan fingerprint density at radius 1 is 0.960 bits per heavy atom. The van der Waals surface area contributed by atoms with Crippen LogP contribution in [0.4, 0.5) is 0 Å². The van der Waals surface area contributed by atoms with E-state index in [4.69, 9.17) is 5.73 Å². The van der Waals surface area contributed by atoms with Crippen molar-refractivity contribution in [1.29, 1.82) is 0 Å². The van der Waals surface area contributed by atoms with Crippen LogP contribution in [0.5, 0.6) is 0 Å². The second-order valence-corrected chi connectivity index (χ2v) is 7.97. The van der Waals surface area contributed by atoms with Crippen LogP contribution in [0.2, 0.25) is 0 Å². The monoisotopic (exact) mass is 336 g/mol. The zero-order valence-electron chi connectivity index (χ0n) is 14.8. The normalized spacial score (nSPS) is 32.2. The van der Waals surface area contributed by atoms with Gasteiger partial charge in [-0.25, -0.2) is 0 Å². The molecule has 25 heavy (non-hydrogen) atoms. The third-order valence-corrected chi connectivity index (χ3v) is 5.96. The van der Waals surface area contributed by atoms with E-state index in [9.17, 15) is 5.21 Å². The van der Waals surface area contributed by atoms with E-state index in [0.29, 0.717) is 18.4 Å². The summed E-state index contributed by atoms with van der Waals surface area (Å²) in [4.78, 5) is 0. The molecule has 4 rings (SSSR count). The molecule has 1 saturated heterocycles. The number of hydrogen-bond acceptors (Lipinski definition) is 2. The molecule has 1 heterocycles. The number of quaternary nitrogens is 1. The number of hydroxylamine groups is 3. The molecule has 132 valence electrons. The van der Waals surface area contributed by atoms with Gasteiger partial charge < -0.3 is 15.6 Å². The van der Waals surface area contributed by atoms with E-state index >= 15 is 0 Å². The third kappa shape index (κ3) is 3.95. The molecule has 0 bridgehead atoms. The van der Waals surface area contributed by atoms with Crippen molar-refractivity contribution in [1.82, 2.24) is 0 Å².